The van der Waals surface area contributed by atoms with E-state index in [0.717, 1.165) is 22.9 Å². The van der Waals surface area contributed by atoms with Crippen LogP contribution in [-0.4, -0.2) is 33.4 Å². The second-order valence-electron chi connectivity index (χ2n) is 9.06. The standard InChI is InChI=1S/C28H30F2N4O2S/c1-2-18-5-3-6-19(11-18)16-32-17-23(24(31)14-20-12-21(29)15-22(30)13-20)27(28(35)36)34-9-8-25(33-34)26-7-4-10-37-26/h3-13,15,23-24,27,32H,2,14,16-17,31H2,1H3,(H,35,36)/t23-,24?,27+/m1/s1. The molecule has 0 radical (unpaired) electrons. The van der Waals surface area contributed by atoms with E-state index in [9.17, 15) is 18.7 Å². The lowest BCUT2D eigenvalue weighted by molar-refractivity contribution is -0.143. The van der Waals surface area contributed by atoms with Gasteiger partial charge in [-0.25, -0.2) is 13.6 Å². The van der Waals surface area contributed by atoms with Gasteiger partial charge in [-0.15, -0.1) is 11.3 Å². The Balaban J connectivity index is 1.59. The van der Waals surface area contributed by atoms with Crippen LogP contribution >= 0.6 is 11.3 Å². The van der Waals surface area contributed by atoms with Crippen LogP contribution in [0.25, 0.3) is 10.6 Å². The van der Waals surface area contributed by atoms with E-state index >= 15 is 0 Å². The van der Waals surface area contributed by atoms with Crippen LogP contribution in [0.2, 0.25) is 0 Å². The molecule has 0 amide bonds. The summed E-state index contributed by atoms with van der Waals surface area (Å²) < 4.78 is 29.1. The number of aromatic nitrogens is 2. The van der Waals surface area contributed by atoms with Crippen molar-refractivity contribution in [1.29, 1.82) is 0 Å². The summed E-state index contributed by atoms with van der Waals surface area (Å²) in [5.74, 6) is -3.11. The van der Waals surface area contributed by atoms with Crippen molar-refractivity contribution in [3.63, 3.8) is 0 Å². The summed E-state index contributed by atoms with van der Waals surface area (Å²) in [6.45, 7) is 2.88. The summed E-state index contributed by atoms with van der Waals surface area (Å²) in [5, 5.41) is 20.1. The van der Waals surface area contributed by atoms with Crippen molar-refractivity contribution in [1.82, 2.24) is 15.1 Å². The van der Waals surface area contributed by atoms with Gasteiger partial charge >= 0.3 is 5.97 Å². The molecule has 6 nitrogen and oxygen atoms in total. The van der Waals surface area contributed by atoms with Crippen LogP contribution in [0.15, 0.2) is 72.2 Å². The summed E-state index contributed by atoms with van der Waals surface area (Å²) in [5.41, 5.74) is 9.89. The molecule has 2 aromatic carbocycles. The zero-order valence-corrected chi connectivity index (χ0v) is 21.3. The predicted octanol–water partition coefficient (Wildman–Crippen LogP) is 5.05. The second-order valence-corrected chi connectivity index (χ2v) is 10.0. The van der Waals surface area contributed by atoms with Crippen molar-refractivity contribution in [2.24, 2.45) is 11.7 Å². The van der Waals surface area contributed by atoms with Crippen molar-refractivity contribution in [2.75, 3.05) is 6.54 Å². The van der Waals surface area contributed by atoms with E-state index in [1.165, 1.54) is 33.7 Å². The van der Waals surface area contributed by atoms with Gasteiger partial charge in [-0.05, 0) is 59.2 Å². The first-order valence-corrected chi connectivity index (χ1v) is 13.0. The molecule has 4 aromatic rings. The van der Waals surface area contributed by atoms with E-state index in [-0.39, 0.29) is 13.0 Å². The van der Waals surface area contributed by atoms with Crippen LogP contribution in [0.4, 0.5) is 8.78 Å². The summed E-state index contributed by atoms with van der Waals surface area (Å²) in [6, 6.07) is 15.2. The number of aliphatic carboxylic acids is 1. The fourth-order valence-electron chi connectivity index (χ4n) is 4.53. The number of rotatable bonds is 12. The molecule has 2 heterocycles. The fraction of sp³-hybridized carbons (Fsp3) is 0.286. The first-order chi connectivity index (χ1) is 17.8. The third kappa shape index (κ3) is 6.88. The summed E-state index contributed by atoms with van der Waals surface area (Å²) in [4.78, 5) is 13.5. The highest BCUT2D eigenvalue weighted by Crippen LogP contribution is 2.27. The van der Waals surface area contributed by atoms with Gasteiger partial charge in [0.05, 0.1) is 4.88 Å². The lowest BCUT2D eigenvalue weighted by atomic mass is 9.87. The number of carboxylic acid groups (broad SMARTS) is 1. The van der Waals surface area contributed by atoms with Gasteiger partial charge in [-0.2, -0.15) is 5.10 Å². The van der Waals surface area contributed by atoms with Crippen LogP contribution < -0.4 is 11.1 Å². The van der Waals surface area contributed by atoms with Crippen molar-refractivity contribution >= 4 is 17.3 Å². The van der Waals surface area contributed by atoms with Gasteiger partial charge in [0, 0.05) is 37.3 Å². The SMILES string of the molecule is CCc1cccc(CNC[C@H](C(N)Cc2cc(F)cc(F)c2)[C@@H](C(=O)O)n2ccc(-c3cccs3)n2)c1. The highest BCUT2D eigenvalue weighted by Gasteiger charge is 2.35. The number of hydrogen-bond acceptors (Lipinski definition) is 5. The molecular weight excluding hydrogens is 494 g/mol. The fourth-order valence-corrected chi connectivity index (χ4v) is 5.22. The van der Waals surface area contributed by atoms with E-state index in [1.54, 1.807) is 12.3 Å². The minimum absolute atomic E-state index is 0.106. The zero-order chi connectivity index (χ0) is 26.4. The molecule has 194 valence electrons. The Kier molecular flexibility index (Phi) is 8.81. The molecule has 0 aliphatic rings. The smallest absolute Gasteiger partial charge is 0.328 e. The molecule has 1 unspecified atom stereocenters. The van der Waals surface area contributed by atoms with Crippen molar-refractivity contribution < 1.29 is 18.7 Å². The number of hydrogen-bond donors (Lipinski definition) is 3. The lowest BCUT2D eigenvalue weighted by Gasteiger charge is -2.30. The van der Waals surface area contributed by atoms with Gasteiger partial charge in [0.1, 0.15) is 17.3 Å². The zero-order valence-electron chi connectivity index (χ0n) is 20.5. The van der Waals surface area contributed by atoms with E-state index in [1.807, 2.05) is 29.6 Å². The quantitative estimate of drug-likeness (QED) is 0.241. The number of nitrogens with one attached hydrogen (secondary N) is 1. The third-order valence-electron chi connectivity index (χ3n) is 6.38. The Morgan fingerprint density at radius 1 is 1.08 bits per heavy atom. The maximum atomic E-state index is 13.8. The molecule has 3 atom stereocenters. The summed E-state index contributed by atoms with van der Waals surface area (Å²) in [7, 11) is 0. The Bertz CT molecular complexity index is 1310. The molecule has 0 spiro atoms. The van der Waals surface area contributed by atoms with Crippen LogP contribution in [0.1, 0.15) is 29.7 Å². The van der Waals surface area contributed by atoms with Gasteiger partial charge in [-0.1, -0.05) is 37.3 Å². The van der Waals surface area contributed by atoms with Crippen LogP contribution in [0.5, 0.6) is 0 Å². The average Bonchev–Trinajstić information content (AvgIpc) is 3.55. The minimum Gasteiger partial charge on any atom is -0.480 e. The number of halogens is 2. The summed E-state index contributed by atoms with van der Waals surface area (Å²) >= 11 is 1.51. The minimum atomic E-state index is -1.09. The number of aryl methyl sites for hydroxylation is 1. The van der Waals surface area contributed by atoms with Gasteiger partial charge < -0.3 is 16.2 Å². The lowest BCUT2D eigenvalue weighted by Crippen LogP contribution is -2.46. The Hall–Kier alpha value is -3.40. The van der Waals surface area contributed by atoms with Gasteiger partial charge in [0.2, 0.25) is 0 Å². The molecule has 0 fully saturated rings. The first-order valence-electron chi connectivity index (χ1n) is 12.1. The van der Waals surface area contributed by atoms with Crippen molar-refractivity contribution in [2.45, 2.75) is 38.4 Å². The molecule has 9 heteroatoms. The maximum Gasteiger partial charge on any atom is 0.328 e. The van der Waals surface area contributed by atoms with Crippen LogP contribution in [0, 0.1) is 17.6 Å². The number of carboxylic acids is 1. The van der Waals surface area contributed by atoms with Crippen LogP contribution in [0.3, 0.4) is 0 Å². The van der Waals surface area contributed by atoms with E-state index in [4.69, 9.17) is 5.73 Å². The number of nitrogens with two attached hydrogens (primary N) is 1. The van der Waals surface area contributed by atoms with E-state index in [2.05, 4.69) is 29.5 Å². The molecule has 0 saturated carbocycles. The Morgan fingerprint density at radius 2 is 1.84 bits per heavy atom. The highest BCUT2D eigenvalue weighted by molar-refractivity contribution is 7.13. The molecule has 0 saturated heterocycles. The molecule has 4 rings (SSSR count). The molecule has 0 bridgehead atoms. The topological polar surface area (TPSA) is 93.2 Å². The monoisotopic (exact) mass is 524 g/mol. The normalized spacial score (nSPS) is 13.8. The molecule has 37 heavy (non-hydrogen) atoms. The third-order valence-corrected chi connectivity index (χ3v) is 7.27. The average molecular weight is 525 g/mol. The van der Waals surface area contributed by atoms with Crippen molar-refractivity contribution in [3.8, 4) is 10.6 Å². The molecule has 0 aliphatic heterocycles. The van der Waals surface area contributed by atoms with Gasteiger partial charge in [0.25, 0.3) is 0 Å². The number of benzene rings is 2. The largest absolute Gasteiger partial charge is 0.480 e. The molecule has 2 aromatic heterocycles. The second kappa shape index (κ2) is 12.2. The molecule has 4 N–H and O–H groups in total. The van der Waals surface area contributed by atoms with Gasteiger partial charge in [-0.3, -0.25) is 4.68 Å². The highest BCUT2D eigenvalue weighted by atomic mass is 32.1. The number of thiophene rings is 1. The maximum absolute atomic E-state index is 13.8. The van der Waals surface area contributed by atoms with E-state index in [0.29, 0.717) is 17.8 Å². The van der Waals surface area contributed by atoms with E-state index < -0.39 is 35.6 Å². The predicted molar refractivity (Wildman–Crippen MR) is 141 cm³/mol. The Labute approximate surface area is 218 Å². The van der Waals surface area contributed by atoms with Crippen molar-refractivity contribution in [3.05, 3.63) is 101 Å². The molecular formula is C28H30F2N4O2S. The Morgan fingerprint density at radius 3 is 2.51 bits per heavy atom. The first kappa shape index (κ1) is 26.7. The summed E-state index contributed by atoms with van der Waals surface area (Å²) in [6.07, 6.45) is 2.66. The number of nitrogens with zero attached hydrogens (tertiary/aromatic N) is 2. The van der Waals surface area contributed by atoms with Crippen LogP contribution in [-0.2, 0) is 24.2 Å². The number of carbonyl (C=O) groups is 1. The molecule has 0 aliphatic carbocycles. The van der Waals surface area contributed by atoms with Gasteiger partial charge in [0.15, 0.2) is 6.04 Å².